The van der Waals surface area contributed by atoms with Crippen molar-refractivity contribution in [1.29, 1.82) is 0 Å². The van der Waals surface area contributed by atoms with Gasteiger partial charge in [-0.2, -0.15) is 0 Å². The van der Waals surface area contributed by atoms with Crippen LogP contribution in [0.25, 0.3) is 0 Å². The second kappa shape index (κ2) is 5.60. The predicted octanol–water partition coefficient (Wildman–Crippen LogP) is 2.30. The maximum atomic E-state index is 11.8. The van der Waals surface area contributed by atoms with Crippen LogP contribution in [0.3, 0.4) is 0 Å². The van der Waals surface area contributed by atoms with Gasteiger partial charge in [0, 0.05) is 17.8 Å². The number of amides is 1. The molecule has 2 atom stereocenters. The molecule has 5 heteroatoms. The smallest absolute Gasteiger partial charge is 0.226 e. The molecular formula is C12H19N3OS. The lowest BCUT2D eigenvalue weighted by atomic mass is 9.83. The summed E-state index contributed by atoms with van der Waals surface area (Å²) >= 11 is 1.47. The van der Waals surface area contributed by atoms with Crippen LogP contribution >= 0.6 is 11.3 Å². The second-order valence-corrected chi connectivity index (χ2v) is 5.61. The normalized spacial score (nSPS) is 24.6. The van der Waals surface area contributed by atoms with Crippen LogP contribution < -0.4 is 11.1 Å². The van der Waals surface area contributed by atoms with Crippen LogP contribution in [0.4, 0.5) is 5.13 Å². The largest absolute Gasteiger partial charge is 0.327 e. The van der Waals surface area contributed by atoms with Gasteiger partial charge in [-0.05, 0) is 25.7 Å². The topological polar surface area (TPSA) is 68.0 Å². The number of carbonyl (C=O) groups is 1. The molecule has 1 aromatic heterocycles. The van der Waals surface area contributed by atoms with Crippen LogP contribution in [-0.4, -0.2) is 16.9 Å². The minimum Gasteiger partial charge on any atom is -0.327 e. The van der Waals surface area contributed by atoms with E-state index < -0.39 is 0 Å². The number of nitrogens with one attached hydrogen (secondary N) is 1. The zero-order valence-electron chi connectivity index (χ0n) is 10.1. The first kappa shape index (κ1) is 12.5. The molecule has 0 bridgehead atoms. The number of carbonyl (C=O) groups excluding carboxylic acids is 1. The molecule has 1 aliphatic rings. The van der Waals surface area contributed by atoms with E-state index in [9.17, 15) is 4.79 Å². The number of thiazole rings is 1. The lowest BCUT2D eigenvalue weighted by Crippen LogP contribution is -2.35. The summed E-state index contributed by atoms with van der Waals surface area (Å²) in [5.74, 6) is 0.381. The zero-order chi connectivity index (χ0) is 12.3. The highest BCUT2D eigenvalue weighted by Crippen LogP contribution is 2.26. The van der Waals surface area contributed by atoms with Crippen LogP contribution in [0.2, 0.25) is 0 Å². The molecule has 17 heavy (non-hydrogen) atoms. The number of nitrogens with zero attached hydrogens (tertiary/aromatic N) is 1. The summed E-state index contributed by atoms with van der Waals surface area (Å²) in [5, 5.41) is 5.47. The fraction of sp³-hybridized carbons (Fsp3) is 0.667. The first-order valence-corrected chi connectivity index (χ1v) is 7.00. The fourth-order valence-electron chi connectivity index (χ4n) is 2.31. The summed E-state index contributed by atoms with van der Waals surface area (Å²) in [6.45, 7) is 1.92. The molecule has 1 amide bonds. The average molecular weight is 253 g/mol. The molecule has 1 aliphatic carbocycles. The van der Waals surface area contributed by atoms with Crippen molar-refractivity contribution in [1.82, 2.24) is 4.98 Å². The Balaban J connectivity index is 1.84. The Kier molecular flexibility index (Phi) is 4.12. The van der Waals surface area contributed by atoms with Gasteiger partial charge in [-0.3, -0.25) is 4.79 Å². The van der Waals surface area contributed by atoms with Crippen molar-refractivity contribution in [3.05, 3.63) is 11.1 Å². The van der Waals surface area contributed by atoms with E-state index in [0.717, 1.165) is 18.5 Å². The number of hydrogen-bond donors (Lipinski definition) is 2. The molecule has 2 unspecified atom stereocenters. The maximum absolute atomic E-state index is 11.8. The molecule has 3 N–H and O–H groups in total. The molecule has 0 aromatic carbocycles. The van der Waals surface area contributed by atoms with Gasteiger partial charge in [0.1, 0.15) is 0 Å². The Bertz CT molecular complexity index is 391. The third-order valence-corrected chi connectivity index (χ3v) is 4.16. The molecule has 4 nitrogen and oxygen atoms in total. The van der Waals surface area contributed by atoms with E-state index in [2.05, 4.69) is 10.3 Å². The van der Waals surface area contributed by atoms with E-state index in [0.29, 0.717) is 17.5 Å². The zero-order valence-corrected chi connectivity index (χ0v) is 10.9. The molecule has 0 spiro atoms. The predicted molar refractivity (Wildman–Crippen MR) is 70.0 cm³/mol. The van der Waals surface area contributed by atoms with Crippen LogP contribution in [-0.2, 0) is 4.79 Å². The van der Waals surface area contributed by atoms with Gasteiger partial charge in [0.25, 0.3) is 0 Å². The standard InChI is InChI=1S/C12H19N3OS/c1-8-7-17-12(14-8)15-11(16)6-9-4-2-3-5-10(9)13/h7,9-10H,2-6,13H2,1H3,(H,14,15,16). The lowest BCUT2D eigenvalue weighted by molar-refractivity contribution is -0.117. The van der Waals surface area contributed by atoms with Crippen molar-refractivity contribution in [3.63, 3.8) is 0 Å². The van der Waals surface area contributed by atoms with Crippen molar-refractivity contribution in [2.75, 3.05) is 5.32 Å². The van der Waals surface area contributed by atoms with Crippen molar-refractivity contribution in [2.24, 2.45) is 11.7 Å². The number of aromatic nitrogens is 1. The summed E-state index contributed by atoms with van der Waals surface area (Å²) < 4.78 is 0. The Morgan fingerprint density at radius 1 is 1.59 bits per heavy atom. The highest BCUT2D eigenvalue weighted by Gasteiger charge is 2.24. The third-order valence-electron chi connectivity index (χ3n) is 3.28. The highest BCUT2D eigenvalue weighted by atomic mass is 32.1. The van der Waals surface area contributed by atoms with E-state index in [1.165, 1.54) is 24.2 Å². The molecule has 1 fully saturated rings. The van der Waals surface area contributed by atoms with E-state index >= 15 is 0 Å². The van der Waals surface area contributed by atoms with Gasteiger partial charge in [-0.15, -0.1) is 11.3 Å². The van der Waals surface area contributed by atoms with Crippen LogP contribution in [0.5, 0.6) is 0 Å². The maximum Gasteiger partial charge on any atom is 0.226 e. The quantitative estimate of drug-likeness (QED) is 0.868. The molecule has 1 saturated carbocycles. The molecule has 94 valence electrons. The van der Waals surface area contributed by atoms with E-state index in [-0.39, 0.29) is 11.9 Å². The van der Waals surface area contributed by atoms with Crippen molar-refractivity contribution >= 4 is 22.4 Å². The SMILES string of the molecule is Cc1csc(NC(=O)CC2CCCCC2N)n1. The Morgan fingerprint density at radius 3 is 3.00 bits per heavy atom. The molecule has 0 aliphatic heterocycles. The summed E-state index contributed by atoms with van der Waals surface area (Å²) in [5.41, 5.74) is 6.98. The van der Waals surface area contributed by atoms with E-state index in [1.54, 1.807) is 0 Å². The van der Waals surface area contributed by atoms with Crippen molar-refractivity contribution in [3.8, 4) is 0 Å². The van der Waals surface area contributed by atoms with Crippen molar-refractivity contribution < 1.29 is 4.79 Å². The second-order valence-electron chi connectivity index (χ2n) is 4.75. The Hall–Kier alpha value is -0.940. The number of nitrogens with two attached hydrogens (primary N) is 1. The molecule has 2 rings (SSSR count). The van der Waals surface area contributed by atoms with Gasteiger partial charge in [-0.1, -0.05) is 12.8 Å². The highest BCUT2D eigenvalue weighted by molar-refractivity contribution is 7.13. The van der Waals surface area contributed by atoms with Crippen LogP contribution in [0.15, 0.2) is 5.38 Å². The first-order chi connectivity index (χ1) is 8.15. The summed E-state index contributed by atoms with van der Waals surface area (Å²) in [6.07, 6.45) is 5.05. The summed E-state index contributed by atoms with van der Waals surface area (Å²) in [4.78, 5) is 16.1. The Morgan fingerprint density at radius 2 is 2.35 bits per heavy atom. The van der Waals surface area contributed by atoms with E-state index in [1.807, 2.05) is 12.3 Å². The summed E-state index contributed by atoms with van der Waals surface area (Å²) in [6, 6.07) is 0.188. The minimum atomic E-state index is 0.0432. The lowest BCUT2D eigenvalue weighted by Gasteiger charge is -2.27. The van der Waals surface area contributed by atoms with Gasteiger partial charge in [0.15, 0.2) is 5.13 Å². The van der Waals surface area contributed by atoms with Crippen LogP contribution in [0.1, 0.15) is 37.8 Å². The molecule has 0 saturated heterocycles. The Labute approximate surface area is 106 Å². The number of rotatable bonds is 3. The van der Waals surface area contributed by atoms with Gasteiger partial charge in [-0.25, -0.2) is 4.98 Å². The number of hydrogen-bond acceptors (Lipinski definition) is 4. The van der Waals surface area contributed by atoms with Gasteiger partial charge < -0.3 is 11.1 Å². The average Bonchev–Trinajstić information content (AvgIpc) is 2.67. The molecule has 1 heterocycles. The van der Waals surface area contributed by atoms with Gasteiger partial charge >= 0.3 is 0 Å². The third kappa shape index (κ3) is 3.51. The van der Waals surface area contributed by atoms with Gasteiger partial charge in [0.2, 0.25) is 5.91 Å². The monoisotopic (exact) mass is 253 g/mol. The van der Waals surface area contributed by atoms with Gasteiger partial charge in [0.05, 0.1) is 5.69 Å². The number of anilines is 1. The molecule has 1 aromatic rings. The van der Waals surface area contributed by atoms with E-state index in [4.69, 9.17) is 5.73 Å². The fourth-order valence-corrected chi connectivity index (χ4v) is 3.01. The first-order valence-electron chi connectivity index (χ1n) is 6.12. The summed E-state index contributed by atoms with van der Waals surface area (Å²) in [7, 11) is 0. The molecular weight excluding hydrogens is 234 g/mol. The van der Waals surface area contributed by atoms with Crippen LogP contribution in [0, 0.1) is 12.8 Å². The molecule has 0 radical (unpaired) electrons. The van der Waals surface area contributed by atoms with Crippen molar-refractivity contribution in [2.45, 2.75) is 45.1 Å². The minimum absolute atomic E-state index is 0.0432. The number of aryl methyl sites for hydroxylation is 1.